The van der Waals surface area contributed by atoms with Crippen LogP contribution in [0.25, 0.3) is 0 Å². The molecule has 1 aliphatic heterocycles. The molecule has 1 heterocycles. The Bertz CT molecular complexity index is 406. The molecule has 1 aromatic rings. The first-order chi connectivity index (χ1) is 9.26. The number of hydrogen-bond acceptors (Lipinski definition) is 1. The number of halogens is 1. The average Bonchev–Trinajstić information content (AvgIpc) is 2.90. The third-order valence-electron chi connectivity index (χ3n) is 4.02. The van der Waals surface area contributed by atoms with Crippen LogP contribution >= 0.6 is 11.6 Å². The first kappa shape index (κ1) is 14.4. The zero-order chi connectivity index (χ0) is 13.7. The van der Waals surface area contributed by atoms with Gasteiger partial charge in [0.05, 0.1) is 5.92 Å². The molecule has 1 saturated heterocycles. The van der Waals surface area contributed by atoms with Gasteiger partial charge in [-0.15, -0.1) is 11.6 Å². The van der Waals surface area contributed by atoms with E-state index >= 15 is 0 Å². The van der Waals surface area contributed by atoms with E-state index in [2.05, 4.69) is 19.1 Å². The van der Waals surface area contributed by atoms with E-state index in [1.54, 1.807) is 0 Å². The van der Waals surface area contributed by atoms with Gasteiger partial charge in [-0.2, -0.15) is 0 Å². The number of amides is 1. The van der Waals surface area contributed by atoms with Crippen LogP contribution in [0.2, 0.25) is 0 Å². The smallest absolute Gasteiger partial charge is 0.230 e. The van der Waals surface area contributed by atoms with E-state index in [0.29, 0.717) is 11.8 Å². The van der Waals surface area contributed by atoms with E-state index in [9.17, 15) is 4.79 Å². The lowest BCUT2D eigenvalue weighted by Crippen LogP contribution is -2.33. The van der Waals surface area contributed by atoms with Crippen LogP contribution in [0.5, 0.6) is 0 Å². The van der Waals surface area contributed by atoms with Gasteiger partial charge in [0, 0.05) is 19.0 Å². The number of rotatable bonds is 5. The Morgan fingerprint density at radius 1 is 1.42 bits per heavy atom. The van der Waals surface area contributed by atoms with Crippen LogP contribution in [0.3, 0.4) is 0 Å². The molecule has 0 radical (unpaired) electrons. The van der Waals surface area contributed by atoms with E-state index in [1.165, 1.54) is 0 Å². The molecule has 0 bridgehead atoms. The molecule has 19 heavy (non-hydrogen) atoms. The van der Waals surface area contributed by atoms with Crippen molar-refractivity contribution >= 4 is 17.5 Å². The number of benzene rings is 1. The molecule has 1 aromatic carbocycles. The molecular weight excluding hydrogens is 258 g/mol. The summed E-state index contributed by atoms with van der Waals surface area (Å²) < 4.78 is 0. The van der Waals surface area contributed by atoms with Crippen molar-refractivity contribution in [1.29, 1.82) is 0 Å². The van der Waals surface area contributed by atoms with E-state index in [1.807, 2.05) is 23.1 Å². The van der Waals surface area contributed by atoms with E-state index < -0.39 is 0 Å². The number of hydrogen-bond donors (Lipinski definition) is 0. The van der Waals surface area contributed by atoms with Gasteiger partial charge >= 0.3 is 0 Å². The largest absolute Gasteiger partial charge is 0.342 e. The summed E-state index contributed by atoms with van der Waals surface area (Å²) in [5, 5.41) is 0. The van der Waals surface area contributed by atoms with Crippen LogP contribution in [-0.2, 0) is 4.79 Å². The molecule has 0 aliphatic carbocycles. The van der Waals surface area contributed by atoms with Crippen molar-refractivity contribution in [1.82, 2.24) is 4.90 Å². The summed E-state index contributed by atoms with van der Waals surface area (Å²) in [5.41, 5.74) is 1.13. The van der Waals surface area contributed by atoms with Crippen molar-refractivity contribution in [3.63, 3.8) is 0 Å². The van der Waals surface area contributed by atoms with Gasteiger partial charge in [-0.25, -0.2) is 0 Å². The fraction of sp³-hybridized carbons (Fsp3) is 0.562. The maximum atomic E-state index is 12.6. The second-order valence-corrected chi connectivity index (χ2v) is 5.67. The van der Waals surface area contributed by atoms with E-state index in [0.717, 1.165) is 37.9 Å². The molecule has 1 fully saturated rings. The third-order valence-corrected chi connectivity index (χ3v) is 4.24. The van der Waals surface area contributed by atoms with Gasteiger partial charge in [0.1, 0.15) is 0 Å². The fourth-order valence-corrected chi connectivity index (χ4v) is 3.19. The van der Waals surface area contributed by atoms with E-state index in [4.69, 9.17) is 11.6 Å². The topological polar surface area (TPSA) is 20.3 Å². The molecule has 1 amide bonds. The first-order valence-corrected chi connectivity index (χ1v) is 7.69. The summed E-state index contributed by atoms with van der Waals surface area (Å²) in [6.07, 6.45) is 2.98. The molecule has 104 valence electrons. The molecular formula is C16H22ClNO. The highest BCUT2D eigenvalue weighted by molar-refractivity contribution is 6.17. The van der Waals surface area contributed by atoms with Crippen molar-refractivity contribution in [3.05, 3.63) is 35.9 Å². The van der Waals surface area contributed by atoms with Crippen LogP contribution < -0.4 is 0 Å². The van der Waals surface area contributed by atoms with Gasteiger partial charge in [0.2, 0.25) is 5.91 Å². The van der Waals surface area contributed by atoms with Gasteiger partial charge in [-0.05, 0) is 30.7 Å². The Balaban J connectivity index is 2.02. The van der Waals surface area contributed by atoms with E-state index in [-0.39, 0.29) is 11.8 Å². The number of carbonyl (C=O) groups is 1. The molecule has 2 rings (SSSR count). The summed E-state index contributed by atoms with van der Waals surface area (Å²) in [6.45, 7) is 3.86. The number of carbonyl (C=O) groups excluding carboxylic acids is 1. The maximum absolute atomic E-state index is 12.6. The van der Waals surface area contributed by atoms with Gasteiger partial charge in [0.15, 0.2) is 0 Å². The van der Waals surface area contributed by atoms with Crippen LogP contribution in [0.1, 0.15) is 37.7 Å². The van der Waals surface area contributed by atoms with Gasteiger partial charge in [-0.3, -0.25) is 4.79 Å². The Kier molecular flexibility index (Phi) is 5.26. The highest BCUT2D eigenvalue weighted by Crippen LogP contribution is 2.27. The molecule has 3 heteroatoms. The third kappa shape index (κ3) is 3.50. The molecule has 0 saturated carbocycles. The average molecular weight is 280 g/mol. The van der Waals surface area contributed by atoms with Gasteiger partial charge in [-0.1, -0.05) is 37.3 Å². The molecule has 2 nitrogen and oxygen atoms in total. The minimum atomic E-state index is 0.0101. The number of nitrogens with zero attached hydrogens (tertiary/aromatic N) is 1. The monoisotopic (exact) mass is 279 g/mol. The van der Waals surface area contributed by atoms with Crippen LogP contribution in [0.4, 0.5) is 0 Å². The second-order valence-electron chi connectivity index (χ2n) is 5.29. The van der Waals surface area contributed by atoms with Gasteiger partial charge in [0.25, 0.3) is 0 Å². The highest BCUT2D eigenvalue weighted by Gasteiger charge is 2.30. The Hall–Kier alpha value is -1.02. The summed E-state index contributed by atoms with van der Waals surface area (Å²) in [4.78, 5) is 14.6. The van der Waals surface area contributed by atoms with Crippen molar-refractivity contribution in [2.75, 3.05) is 19.0 Å². The van der Waals surface area contributed by atoms with Crippen molar-refractivity contribution in [3.8, 4) is 0 Å². The molecule has 0 aromatic heterocycles. The molecule has 1 aliphatic rings. The Labute approximate surface area is 120 Å². The first-order valence-electron chi connectivity index (χ1n) is 7.16. The number of alkyl halides is 1. The second kappa shape index (κ2) is 6.95. The zero-order valence-corrected chi connectivity index (χ0v) is 12.3. The summed E-state index contributed by atoms with van der Waals surface area (Å²) in [5.74, 6) is 1.58. The number of likely N-dealkylation sites (tertiary alicyclic amines) is 1. The summed E-state index contributed by atoms with van der Waals surface area (Å²) in [7, 11) is 0. The Morgan fingerprint density at radius 3 is 2.79 bits per heavy atom. The van der Waals surface area contributed by atoms with Gasteiger partial charge < -0.3 is 4.90 Å². The van der Waals surface area contributed by atoms with Crippen molar-refractivity contribution in [2.24, 2.45) is 5.92 Å². The summed E-state index contributed by atoms with van der Waals surface area (Å²) >= 11 is 5.79. The molecule has 2 atom stereocenters. The van der Waals surface area contributed by atoms with Crippen molar-refractivity contribution < 1.29 is 4.79 Å². The lowest BCUT2D eigenvalue weighted by Gasteiger charge is -2.23. The molecule has 0 N–H and O–H groups in total. The predicted octanol–water partition coefficient (Wildman–Crippen LogP) is 3.66. The standard InChI is InChI=1S/C16H22ClNO/c1-2-15(14-6-4-3-5-7-14)16(19)18-11-9-13(12-18)8-10-17/h3-7,13,15H,2,8-12H2,1H3. The van der Waals surface area contributed by atoms with Crippen LogP contribution in [0, 0.1) is 5.92 Å². The highest BCUT2D eigenvalue weighted by atomic mass is 35.5. The molecule has 2 unspecified atom stereocenters. The lowest BCUT2D eigenvalue weighted by atomic mass is 9.95. The molecule has 0 spiro atoms. The fourth-order valence-electron chi connectivity index (χ4n) is 2.88. The normalized spacial score (nSPS) is 20.5. The lowest BCUT2D eigenvalue weighted by molar-refractivity contribution is -0.132. The van der Waals surface area contributed by atoms with Crippen molar-refractivity contribution in [2.45, 2.75) is 32.1 Å². The summed E-state index contributed by atoms with van der Waals surface area (Å²) in [6, 6.07) is 10.1. The zero-order valence-electron chi connectivity index (χ0n) is 11.5. The minimum absolute atomic E-state index is 0.0101. The SMILES string of the molecule is CCC(C(=O)N1CCC(CCCl)C1)c1ccccc1. The van der Waals surface area contributed by atoms with Crippen LogP contribution in [0.15, 0.2) is 30.3 Å². The minimum Gasteiger partial charge on any atom is -0.342 e. The Morgan fingerprint density at radius 2 is 2.16 bits per heavy atom. The quantitative estimate of drug-likeness (QED) is 0.753. The predicted molar refractivity (Wildman–Crippen MR) is 79.5 cm³/mol. The van der Waals surface area contributed by atoms with Crippen LogP contribution in [-0.4, -0.2) is 29.8 Å². The maximum Gasteiger partial charge on any atom is 0.230 e.